The maximum Gasteiger partial charge on any atom is 0.327 e. The zero-order chi connectivity index (χ0) is 16.4. The zero-order valence-corrected chi connectivity index (χ0v) is 13.2. The Hall–Kier alpha value is -1.71. The third-order valence-electron chi connectivity index (χ3n) is 3.72. The van der Waals surface area contributed by atoms with Gasteiger partial charge < -0.3 is 14.6 Å². The maximum absolute atomic E-state index is 12.8. The van der Waals surface area contributed by atoms with E-state index in [-0.39, 0.29) is 30.2 Å². The first kappa shape index (κ1) is 16.7. The molecular formula is C13H18N2O6S. The molecule has 1 unspecified atom stereocenters. The van der Waals surface area contributed by atoms with Crippen molar-refractivity contribution in [3.05, 3.63) is 18.5 Å². The molecule has 1 aromatic heterocycles. The topological polar surface area (TPSA) is 106 Å². The van der Waals surface area contributed by atoms with E-state index in [0.29, 0.717) is 6.42 Å². The predicted molar refractivity (Wildman–Crippen MR) is 76.2 cm³/mol. The summed E-state index contributed by atoms with van der Waals surface area (Å²) in [6.07, 6.45) is 3.21. The van der Waals surface area contributed by atoms with Gasteiger partial charge in [-0.25, -0.2) is 8.42 Å². The molecule has 0 spiro atoms. The number of carbonyl (C=O) groups is 1. The van der Waals surface area contributed by atoms with Crippen molar-refractivity contribution in [1.82, 2.24) is 9.29 Å². The van der Waals surface area contributed by atoms with Crippen LogP contribution in [0.25, 0.3) is 0 Å². The molecule has 1 aliphatic rings. The van der Waals surface area contributed by atoms with E-state index in [9.17, 15) is 18.3 Å². The predicted octanol–water partition coefficient (Wildman–Crippen LogP) is 0.345. The van der Waals surface area contributed by atoms with Gasteiger partial charge in [0.2, 0.25) is 10.0 Å². The number of hydrogen-bond acceptors (Lipinski definition) is 6. The van der Waals surface area contributed by atoms with E-state index < -0.39 is 21.5 Å². The summed E-state index contributed by atoms with van der Waals surface area (Å²) in [6.45, 7) is -0.0891. The molecule has 0 aliphatic carbocycles. The smallest absolute Gasteiger partial charge is 0.327 e. The second-order valence-electron chi connectivity index (χ2n) is 5.01. The Labute approximate surface area is 128 Å². The molecule has 9 heteroatoms. The minimum absolute atomic E-state index is 0.101. The molecule has 1 atom stereocenters. The monoisotopic (exact) mass is 330 g/mol. The van der Waals surface area contributed by atoms with Crippen LogP contribution in [0.1, 0.15) is 12.8 Å². The first-order valence-corrected chi connectivity index (χ1v) is 8.07. The van der Waals surface area contributed by atoms with E-state index in [1.165, 1.54) is 32.7 Å². The molecule has 0 radical (unpaired) electrons. The molecule has 1 N–H and O–H groups in total. The van der Waals surface area contributed by atoms with Crippen LogP contribution in [-0.2, 0) is 19.6 Å². The van der Waals surface area contributed by atoms with Crippen molar-refractivity contribution in [2.75, 3.05) is 27.4 Å². The number of aromatic nitrogens is 1. The molecule has 8 nitrogen and oxygen atoms in total. The summed E-state index contributed by atoms with van der Waals surface area (Å²) >= 11 is 0. The first-order chi connectivity index (χ1) is 10.4. The summed E-state index contributed by atoms with van der Waals surface area (Å²) in [4.78, 5) is 15.4. The number of hydrogen-bond donors (Lipinski definition) is 1. The molecule has 1 saturated heterocycles. The normalized spacial score (nSPS) is 22.6. The lowest BCUT2D eigenvalue weighted by Crippen LogP contribution is -2.55. The van der Waals surface area contributed by atoms with Gasteiger partial charge in [0.05, 0.1) is 19.9 Å². The van der Waals surface area contributed by atoms with Crippen LogP contribution in [-0.4, -0.2) is 61.7 Å². The van der Waals surface area contributed by atoms with E-state index in [1.54, 1.807) is 0 Å². The summed E-state index contributed by atoms with van der Waals surface area (Å²) in [6, 6.07) is 1.32. The number of carboxylic acid groups (broad SMARTS) is 1. The van der Waals surface area contributed by atoms with Crippen LogP contribution in [0.5, 0.6) is 5.75 Å². The van der Waals surface area contributed by atoms with Crippen LogP contribution < -0.4 is 4.74 Å². The van der Waals surface area contributed by atoms with Crippen molar-refractivity contribution >= 4 is 16.0 Å². The van der Waals surface area contributed by atoms with Crippen molar-refractivity contribution in [2.45, 2.75) is 23.3 Å². The molecule has 0 bridgehead atoms. The Morgan fingerprint density at radius 1 is 1.45 bits per heavy atom. The number of nitrogens with zero attached hydrogens (tertiary/aromatic N) is 2. The van der Waals surface area contributed by atoms with Crippen LogP contribution in [0.3, 0.4) is 0 Å². The lowest BCUT2D eigenvalue weighted by atomic mass is 9.99. The summed E-state index contributed by atoms with van der Waals surface area (Å²) in [5.74, 6) is -0.931. The summed E-state index contributed by atoms with van der Waals surface area (Å²) in [5, 5.41) is 9.55. The minimum atomic E-state index is -4.02. The van der Waals surface area contributed by atoms with Crippen LogP contribution in [0, 0.1) is 0 Å². The van der Waals surface area contributed by atoms with Crippen molar-refractivity contribution < 1.29 is 27.8 Å². The number of methoxy groups -OCH3 is 2. The van der Waals surface area contributed by atoms with Gasteiger partial charge in [0.15, 0.2) is 5.54 Å². The second kappa shape index (κ2) is 6.19. The second-order valence-corrected chi connectivity index (χ2v) is 6.87. The highest BCUT2D eigenvalue weighted by atomic mass is 32.2. The van der Waals surface area contributed by atoms with Gasteiger partial charge in [-0.1, -0.05) is 0 Å². The minimum Gasteiger partial charge on any atom is -0.495 e. The van der Waals surface area contributed by atoms with E-state index >= 15 is 0 Å². The molecule has 22 heavy (non-hydrogen) atoms. The van der Waals surface area contributed by atoms with Crippen molar-refractivity contribution in [2.24, 2.45) is 0 Å². The number of aliphatic carboxylic acids is 1. The van der Waals surface area contributed by atoms with E-state index in [2.05, 4.69) is 4.98 Å². The molecule has 2 rings (SSSR count). The Bertz CT molecular complexity index is 662. The average Bonchev–Trinajstić information content (AvgIpc) is 2.93. The standard InChI is InChI=1S/C13H18N2O6S/c1-20-9-13(12(16)17)4-3-5-15(13)22(18,19)11-6-10(21-2)7-14-8-11/h6-8H,3-5,9H2,1-2H3,(H,16,17). The molecule has 122 valence electrons. The highest BCUT2D eigenvalue weighted by Crippen LogP contribution is 2.35. The third-order valence-corrected chi connectivity index (χ3v) is 5.65. The summed E-state index contributed by atoms with van der Waals surface area (Å²) < 4.78 is 36.5. The zero-order valence-electron chi connectivity index (χ0n) is 12.4. The maximum atomic E-state index is 12.8. The summed E-state index contributed by atoms with van der Waals surface area (Å²) in [7, 11) is -1.27. The van der Waals surface area contributed by atoms with Crippen LogP contribution >= 0.6 is 0 Å². The summed E-state index contributed by atoms with van der Waals surface area (Å²) in [5.41, 5.74) is -1.59. The fourth-order valence-corrected chi connectivity index (χ4v) is 4.41. The van der Waals surface area contributed by atoms with Gasteiger partial charge in [0, 0.05) is 25.9 Å². The fourth-order valence-electron chi connectivity index (χ4n) is 2.64. The van der Waals surface area contributed by atoms with Crippen molar-refractivity contribution in [3.8, 4) is 5.75 Å². The van der Waals surface area contributed by atoms with Gasteiger partial charge in [0.25, 0.3) is 0 Å². The lowest BCUT2D eigenvalue weighted by molar-refractivity contribution is -0.150. The number of rotatable bonds is 6. The van der Waals surface area contributed by atoms with E-state index in [0.717, 1.165) is 4.31 Å². The molecule has 0 aromatic carbocycles. The number of sulfonamides is 1. The van der Waals surface area contributed by atoms with Gasteiger partial charge >= 0.3 is 5.97 Å². The van der Waals surface area contributed by atoms with Crippen molar-refractivity contribution in [1.29, 1.82) is 0 Å². The SMILES string of the molecule is COCC1(C(=O)O)CCCN1S(=O)(=O)c1cncc(OC)c1. The fraction of sp³-hybridized carbons (Fsp3) is 0.538. The van der Waals surface area contributed by atoms with Gasteiger partial charge in [-0.3, -0.25) is 9.78 Å². The Kier molecular flexibility index (Phi) is 4.69. The lowest BCUT2D eigenvalue weighted by Gasteiger charge is -2.33. The van der Waals surface area contributed by atoms with Gasteiger partial charge in [0.1, 0.15) is 10.6 Å². The molecule has 1 fully saturated rings. The average molecular weight is 330 g/mol. The molecule has 0 saturated carbocycles. The Morgan fingerprint density at radius 3 is 2.77 bits per heavy atom. The molecule has 0 amide bonds. The quantitative estimate of drug-likeness (QED) is 0.802. The van der Waals surface area contributed by atoms with Crippen LogP contribution in [0.2, 0.25) is 0 Å². The number of ether oxygens (including phenoxy) is 2. The van der Waals surface area contributed by atoms with Crippen molar-refractivity contribution in [3.63, 3.8) is 0 Å². The third kappa shape index (κ3) is 2.67. The molecule has 2 heterocycles. The van der Waals surface area contributed by atoms with E-state index in [4.69, 9.17) is 9.47 Å². The van der Waals surface area contributed by atoms with Gasteiger partial charge in [-0.05, 0) is 12.8 Å². The molecule has 1 aliphatic heterocycles. The molecular weight excluding hydrogens is 312 g/mol. The number of carboxylic acids is 1. The Morgan fingerprint density at radius 2 is 2.18 bits per heavy atom. The largest absolute Gasteiger partial charge is 0.495 e. The highest BCUT2D eigenvalue weighted by molar-refractivity contribution is 7.89. The first-order valence-electron chi connectivity index (χ1n) is 6.63. The van der Waals surface area contributed by atoms with Gasteiger partial charge in [-0.2, -0.15) is 4.31 Å². The Balaban J connectivity index is 2.49. The number of pyridine rings is 1. The molecule has 1 aromatic rings. The van der Waals surface area contributed by atoms with Crippen LogP contribution in [0.15, 0.2) is 23.4 Å². The van der Waals surface area contributed by atoms with Gasteiger partial charge in [-0.15, -0.1) is 0 Å². The van der Waals surface area contributed by atoms with E-state index in [1.807, 2.05) is 0 Å². The highest BCUT2D eigenvalue weighted by Gasteiger charge is 2.53. The van der Waals surface area contributed by atoms with Crippen LogP contribution in [0.4, 0.5) is 0 Å².